The third-order valence-corrected chi connectivity index (χ3v) is 2.35. The van der Waals surface area contributed by atoms with Crippen molar-refractivity contribution in [2.24, 2.45) is 5.73 Å². The molecule has 1 aliphatic heterocycles. The highest BCUT2D eigenvalue weighted by molar-refractivity contribution is 5.88. The van der Waals surface area contributed by atoms with Crippen molar-refractivity contribution in [1.29, 1.82) is 0 Å². The van der Waals surface area contributed by atoms with Crippen LogP contribution in [0.15, 0.2) is 0 Å². The molecule has 0 aromatic heterocycles. The van der Waals surface area contributed by atoms with Crippen LogP contribution in [0.2, 0.25) is 0 Å². The van der Waals surface area contributed by atoms with Gasteiger partial charge in [-0.15, -0.1) is 12.4 Å². The number of hydrogen-bond acceptors (Lipinski definition) is 4. The summed E-state index contributed by atoms with van der Waals surface area (Å²) in [5.74, 6) is -0.536. The molecular weight excluding hydrogens is 234 g/mol. The van der Waals surface area contributed by atoms with E-state index in [1.54, 1.807) is 12.0 Å². The Morgan fingerprint density at radius 3 is 2.94 bits per heavy atom. The van der Waals surface area contributed by atoms with Crippen LogP contribution < -0.4 is 11.1 Å². The lowest BCUT2D eigenvalue weighted by Crippen LogP contribution is -2.56. The Morgan fingerprint density at radius 1 is 1.69 bits per heavy atom. The van der Waals surface area contributed by atoms with Gasteiger partial charge < -0.3 is 20.7 Å². The van der Waals surface area contributed by atoms with Gasteiger partial charge in [0.05, 0.1) is 19.1 Å². The van der Waals surface area contributed by atoms with Gasteiger partial charge >= 0.3 is 0 Å². The Kier molecular flexibility index (Phi) is 7.03. The summed E-state index contributed by atoms with van der Waals surface area (Å²) in [6.07, 6.45) is 0.0579. The Hall–Kier alpha value is -0.850. The molecule has 1 aliphatic rings. The smallest absolute Gasteiger partial charge is 0.240 e. The standard InChI is InChI=1S/C9H17N3O3.ClH/c1-15-5-4-12-3-2-11-7(9(12)14)6-8(10)13;/h7,11H,2-6H2,1H3,(H2,10,13);1H. The van der Waals surface area contributed by atoms with Gasteiger partial charge in [0.25, 0.3) is 0 Å². The largest absolute Gasteiger partial charge is 0.383 e. The number of methoxy groups -OCH3 is 1. The van der Waals surface area contributed by atoms with Gasteiger partial charge in [-0.3, -0.25) is 9.59 Å². The Bertz CT molecular complexity index is 250. The summed E-state index contributed by atoms with van der Waals surface area (Å²) in [6, 6.07) is -0.465. The second kappa shape index (κ2) is 7.43. The SMILES string of the molecule is COCCN1CCNC(CC(N)=O)C1=O.Cl. The van der Waals surface area contributed by atoms with E-state index in [-0.39, 0.29) is 24.7 Å². The highest BCUT2D eigenvalue weighted by Gasteiger charge is 2.28. The molecule has 2 amide bonds. The van der Waals surface area contributed by atoms with E-state index < -0.39 is 11.9 Å². The molecule has 1 heterocycles. The maximum absolute atomic E-state index is 11.8. The topological polar surface area (TPSA) is 84.7 Å². The van der Waals surface area contributed by atoms with Crippen LogP contribution in [-0.4, -0.2) is 56.1 Å². The van der Waals surface area contributed by atoms with Crippen molar-refractivity contribution in [3.8, 4) is 0 Å². The van der Waals surface area contributed by atoms with E-state index in [1.807, 2.05) is 0 Å². The Balaban J connectivity index is 0.00000225. The summed E-state index contributed by atoms with van der Waals surface area (Å²) in [6.45, 7) is 2.41. The first-order valence-electron chi connectivity index (χ1n) is 4.94. The fourth-order valence-corrected chi connectivity index (χ4v) is 1.58. The summed E-state index contributed by atoms with van der Waals surface area (Å²) in [5, 5.41) is 2.97. The lowest BCUT2D eigenvalue weighted by Gasteiger charge is -2.32. The van der Waals surface area contributed by atoms with Crippen LogP contribution in [0.5, 0.6) is 0 Å². The molecule has 94 valence electrons. The van der Waals surface area contributed by atoms with E-state index in [0.29, 0.717) is 26.2 Å². The maximum Gasteiger partial charge on any atom is 0.240 e. The van der Waals surface area contributed by atoms with Gasteiger partial charge in [0.15, 0.2) is 0 Å². The molecule has 0 aliphatic carbocycles. The number of rotatable bonds is 5. The Morgan fingerprint density at radius 2 is 2.38 bits per heavy atom. The first kappa shape index (κ1) is 15.2. The second-order valence-electron chi connectivity index (χ2n) is 3.50. The zero-order chi connectivity index (χ0) is 11.3. The zero-order valence-electron chi connectivity index (χ0n) is 9.27. The number of carbonyl (C=O) groups excluding carboxylic acids is 2. The lowest BCUT2D eigenvalue weighted by atomic mass is 10.1. The first-order chi connectivity index (χ1) is 7.15. The summed E-state index contributed by atoms with van der Waals surface area (Å²) >= 11 is 0. The third kappa shape index (κ3) is 4.34. The predicted molar refractivity (Wildman–Crippen MR) is 61.3 cm³/mol. The summed E-state index contributed by atoms with van der Waals surface area (Å²) < 4.78 is 4.90. The molecule has 0 bridgehead atoms. The molecule has 1 saturated heterocycles. The minimum atomic E-state index is -0.465. The van der Waals surface area contributed by atoms with Gasteiger partial charge in [-0.1, -0.05) is 0 Å². The van der Waals surface area contributed by atoms with Crippen molar-refractivity contribution < 1.29 is 14.3 Å². The van der Waals surface area contributed by atoms with Gasteiger partial charge in [0.1, 0.15) is 0 Å². The van der Waals surface area contributed by atoms with Crippen LogP contribution in [0.25, 0.3) is 0 Å². The minimum absolute atomic E-state index is 0. The quantitative estimate of drug-likeness (QED) is 0.638. The predicted octanol–water partition coefficient (Wildman–Crippen LogP) is -1.27. The Labute approximate surface area is 101 Å². The fraction of sp³-hybridized carbons (Fsp3) is 0.778. The average molecular weight is 252 g/mol. The van der Waals surface area contributed by atoms with Gasteiger partial charge in [0, 0.05) is 26.7 Å². The summed E-state index contributed by atoms with van der Waals surface area (Å²) in [5.41, 5.74) is 5.06. The number of halogens is 1. The van der Waals surface area contributed by atoms with Crippen LogP contribution in [0.4, 0.5) is 0 Å². The molecule has 1 rings (SSSR count). The minimum Gasteiger partial charge on any atom is -0.383 e. The fourth-order valence-electron chi connectivity index (χ4n) is 1.58. The third-order valence-electron chi connectivity index (χ3n) is 2.35. The van der Waals surface area contributed by atoms with Crippen LogP contribution >= 0.6 is 12.4 Å². The number of nitrogens with two attached hydrogens (primary N) is 1. The van der Waals surface area contributed by atoms with Gasteiger partial charge in [0.2, 0.25) is 11.8 Å². The van der Waals surface area contributed by atoms with Crippen molar-refractivity contribution in [3.05, 3.63) is 0 Å². The normalized spacial score (nSPS) is 20.4. The molecule has 0 aromatic rings. The molecule has 3 N–H and O–H groups in total. The molecule has 1 atom stereocenters. The number of ether oxygens (including phenoxy) is 1. The van der Waals surface area contributed by atoms with Gasteiger partial charge in [-0.25, -0.2) is 0 Å². The van der Waals surface area contributed by atoms with Crippen LogP contribution in [0, 0.1) is 0 Å². The van der Waals surface area contributed by atoms with Crippen molar-refractivity contribution in [2.75, 3.05) is 33.4 Å². The van der Waals surface area contributed by atoms with E-state index in [9.17, 15) is 9.59 Å². The van der Waals surface area contributed by atoms with E-state index in [4.69, 9.17) is 10.5 Å². The second-order valence-corrected chi connectivity index (χ2v) is 3.50. The number of hydrogen-bond donors (Lipinski definition) is 2. The highest BCUT2D eigenvalue weighted by Crippen LogP contribution is 2.04. The van der Waals surface area contributed by atoms with E-state index in [0.717, 1.165) is 0 Å². The molecule has 0 saturated carbocycles. The molecule has 0 aromatic carbocycles. The molecule has 7 heteroatoms. The highest BCUT2D eigenvalue weighted by atomic mass is 35.5. The molecule has 1 unspecified atom stereocenters. The number of piperazine rings is 1. The monoisotopic (exact) mass is 251 g/mol. The van der Waals surface area contributed by atoms with Crippen molar-refractivity contribution in [3.63, 3.8) is 0 Å². The summed E-state index contributed by atoms with van der Waals surface area (Å²) in [4.78, 5) is 24.2. The molecule has 16 heavy (non-hydrogen) atoms. The number of amides is 2. The molecule has 0 radical (unpaired) electrons. The lowest BCUT2D eigenvalue weighted by molar-refractivity contribution is -0.138. The molecular formula is C9H18ClN3O3. The van der Waals surface area contributed by atoms with Crippen molar-refractivity contribution in [1.82, 2.24) is 10.2 Å². The van der Waals surface area contributed by atoms with Crippen molar-refractivity contribution in [2.45, 2.75) is 12.5 Å². The number of primary amides is 1. The number of nitrogens with one attached hydrogen (secondary N) is 1. The van der Waals surface area contributed by atoms with Gasteiger partial charge in [-0.2, -0.15) is 0 Å². The molecule has 1 fully saturated rings. The average Bonchev–Trinajstić information content (AvgIpc) is 2.19. The molecule has 6 nitrogen and oxygen atoms in total. The van der Waals surface area contributed by atoms with Crippen LogP contribution in [0.3, 0.4) is 0 Å². The maximum atomic E-state index is 11.8. The van der Waals surface area contributed by atoms with E-state index >= 15 is 0 Å². The van der Waals surface area contributed by atoms with Gasteiger partial charge in [-0.05, 0) is 0 Å². The molecule has 0 spiro atoms. The van der Waals surface area contributed by atoms with Crippen molar-refractivity contribution >= 4 is 24.2 Å². The first-order valence-corrected chi connectivity index (χ1v) is 4.94. The van der Waals surface area contributed by atoms with E-state index in [1.165, 1.54) is 0 Å². The van der Waals surface area contributed by atoms with Crippen LogP contribution in [-0.2, 0) is 14.3 Å². The number of carbonyl (C=O) groups is 2. The summed E-state index contributed by atoms with van der Waals surface area (Å²) in [7, 11) is 1.59. The number of nitrogens with zero attached hydrogens (tertiary/aromatic N) is 1. The van der Waals surface area contributed by atoms with Crippen LogP contribution in [0.1, 0.15) is 6.42 Å². The van der Waals surface area contributed by atoms with E-state index in [2.05, 4.69) is 5.32 Å². The zero-order valence-corrected chi connectivity index (χ0v) is 10.1.